The van der Waals surface area contributed by atoms with Crippen molar-refractivity contribution in [1.82, 2.24) is 4.98 Å². The minimum atomic E-state index is -0.418. The molecular formula is C8H11N3O2. The Labute approximate surface area is 75.7 Å². The van der Waals surface area contributed by atoms with Crippen LogP contribution in [0.1, 0.15) is 12.1 Å². The van der Waals surface area contributed by atoms with Crippen LogP contribution in [0.3, 0.4) is 0 Å². The van der Waals surface area contributed by atoms with Gasteiger partial charge in [0.05, 0.1) is 4.92 Å². The Morgan fingerprint density at radius 2 is 2.38 bits per heavy atom. The molecule has 1 rings (SSSR count). The second-order valence-corrected chi connectivity index (χ2v) is 2.62. The van der Waals surface area contributed by atoms with Crippen molar-refractivity contribution in [2.75, 3.05) is 6.54 Å². The van der Waals surface area contributed by atoms with E-state index in [1.807, 2.05) is 0 Å². The third-order valence-electron chi connectivity index (χ3n) is 1.68. The number of hydrogen-bond acceptors (Lipinski definition) is 4. The molecule has 0 aromatic carbocycles. The Hall–Kier alpha value is -1.49. The van der Waals surface area contributed by atoms with Gasteiger partial charge in [-0.05, 0) is 25.5 Å². The minimum absolute atomic E-state index is 0.0796. The third kappa shape index (κ3) is 2.48. The van der Waals surface area contributed by atoms with Crippen LogP contribution in [0.15, 0.2) is 18.3 Å². The molecule has 0 aliphatic rings. The molecule has 0 saturated heterocycles. The number of nitro groups is 1. The first-order chi connectivity index (χ1) is 6.25. The van der Waals surface area contributed by atoms with Crippen LogP contribution in [-0.2, 0) is 6.42 Å². The first-order valence-corrected chi connectivity index (χ1v) is 4.04. The lowest BCUT2D eigenvalue weighted by Gasteiger charge is -1.99. The van der Waals surface area contributed by atoms with Crippen LogP contribution >= 0.6 is 0 Å². The van der Waals surface area contributed by atoms with Gasteiger partial charge in [-0.1, -0.05) is 0 Å². The van der Waals surface area contributed by atoms with E-state index in [1.165, 1.54) is 6.07 Å². The Balaban J connectivity index is 2.84. The van der Waals surface area contributed by atoms with E-state index in [4.69, 9.17) is 5.73 Å². The zero-order valence-electron chi connectivity index (χ0n) is 7.14. The van der Waals surface area contributed by atoms with E-state index in [9.17, 15) is 10.1 Å². The fraction of sp³-hybridized carbons (Fsp3) is 0.375. The molecule has 70 valence electrons. The van der Waals surface area contributed by atoms with Crippen LogP contribution in [0, 0.1) is 10.1 Å². The maximum atomic E-state index is 10.5. The molecule has 0 aliphatic heterocycles. The number of hydrogen-bond donors (Lipinski definition) is 1. The first kappa shape index (κ1) is 9.60. The second kappa shape index (κ2) is 4.51. The smallest absolute Gasteiger partial charge is 0.290 e. The molecule has 0 aliphatic carbocycles. The lowest BCUT2D eigenvalue weighted by atomic mass is 10.2. The number of pyridine rings is 1. The molecule has 0 atom stereocenters. The van der Waals surface area contributed by atoms with Gasteiger partial charge in [0.25, 0.3) is 5.69 Å². The van der Waals surface area contributed by atoms with Crippen molar-refractivity contribution in [1.29, 1.82) is 0 Å². The zero-order valence-corrected chi connectivity index (χ0v) is 7.14. The topological polar surface area (TPSA) is 82.0 Å². The van der Waals surface area contributed by atoms with Crippen LogP contribution in [0.4, 0.5) is 5.69 Å². The summed E-state index contributed by atoms with van der Waals surface area (Å²) in [5, 5.41) is 10.5. The van der Waals surface area contributed by atoms with E-state index in [2.05, 4.69) is 4.98 Å². The molecule has 2 N–H and O–H groups in total. The molecule has 0 spiro atoms. The quantitative estimate of drug-likeness (QED) is 0.552. The molecule has 0 unspecified atom stereocenters. The highest BCUT2D eigenvalue weighted by molar-refractivity contribution is 5.34. The SMILES string of the molecule is NCCCc1ncccc1[N+](=O)[O-]. The van der Waals surface area contributed by atoms with Gasteiger partial charge in [0, 0.05) is 12.3 Å². The molecule has 5 nitrogen and oxygen atoms in total. The number of nitrogens with two attached hydrogens (primary N) is 1. The predicted molar refractivity (Wildman–Crippen MR) is 48.3 cm³/mol. The largest absolute Gasteiger partial charge is 0.330 e. The molecule has 1 heterocycles. The summed E-state index contributed by atoms with van der Waals surface area (Å²) in [6.45, 7) is 0.522. The van der Waals surface area contributed by atoms with Crippen LogP contribution in [-0.4, -0.2) is 16.5 Å². The van der Waals surface area contributed by atoms with Crippen molar-refractivity contribution >= 4 is 5.69 Å². The summed E-state index contributed by atoms with van der Waals surface area (Å²) in [4.78, 5) is 14.0. The summed E-state index contributed by atoms with van der Waals surface area (Å²) < 4.78 is 0. The summed E-state index contributed by atoms with van der Waals surface area (Å²) in [5.41, 5.74) is 5.90. The summed E-state index contributed by atoms with van der Waals surface area (Å²) in [7, 11) is 0. The Kier molecular flexibility index (Phi) is 3.33. The van der Waals surface area contributed by atoms with E-state index in [0.717, 1.165) is 6.42 Å². The van der Waals surface area contributed by atoms with Crippen molar-refractivity contribution < 1.29 is 4.92 Å². The first-order valence-electron chi connectivity index (χ1n) is 4.04. The fourth-order valence-corrected chi connectivity index (χ4v) is 1.06. The van der Waals surface area contributed by atoms with Crippen molar-refractivity contribution in [3.8, 4) is 0 Å². The number of aromatic nitrogens is 1. The number of nitrogens with zero attached hydrogens (tertiary/aromatic N) is 2. The highest BCUT2D eigenvalue weighted by atomic mass is 16.6. The van der Waals surface area contributed by atoms with Crippen LogP contribution in [0.25, 0.3) is 0 Å². The summed E-state index contributed by atoms with van der Waals surface area (Å²) >= 11 is 0. The lowest BCUT2D eigenvalue weighted by Crippen LogP contribution is -2.03. The normalized spacial score (nSPS) is 9.92. The standard InChI is InChI=1S/C8H11N3O2/c9-5-1-3-7-8(11(12)13)4-2-6-10-7/h2,4,6H,1,3,5,9H2. The predicted octanol–water partition coefficient (Wildman–Crippen LogP) is 0.881. The molecule has 0 radical (unpaired) electrons. The van der Waals surface area contributed by atoms with E-state index in [-0.39, 0.29) is 5.69 Å². The van der Waals surface area contributed by atoms with E-state index in [0.29, 0.717) is 18.7 Å². The average molecular weight is 181 g/mol. The van der Waals surface area contributed by atoms with Gasteiger partial charge in [-0.3, -0.25) is 15.1 Å². The van der Waals surface area contributed by atoms with Gasteiger partial charge in [-0.15, -0.1) is 0 Å². The average Bonchev–Trinajstić information content (AvgIpc) is 2.15. The highest BCUT2D eigenvalue weighted by Crippen LogP contribution is 2.15. The molecule has 0 amide bonds. The molecule has 1 aromatic heterocycles. The monoisotopic (exact) mass is 181 g/mol. The molecule has 0 fully saturated rings. The summed E-state index contributed by atoms with van der Waals surface area (Å²) in [6, 6.07) is 3.02. The van der Waals surface area contributed by atoms with Gasteiger partial charge in [-0.2, -0.15) is 0 Å². The van der Waals surface area contributed by atoms with E-state index >= 15 is 0 Å². The van der Waals surface area contributed by atoms with Crippen LogP contribution in [0.2, 0.25) is 0 Å². The summed E-state index contributed by atoms with van der Waals surface area (Å²) in [5.74, 6) is 0. The van der Waals surface area contributed by atoms with Crippen LogP contribution < -0.4 is 5.73 Å². The second-order valence-electron chi connectivity index (χ2n) is 2.62. The van der Waals surface area contributed by atoms with Gasteiger partial charge in [0.1, 0.15) is 5.69 Å². The van der Waals surface area contributed by atoms with Crippen molar-refractivity contribution in [3.05, 3.63) is 34.1 Å². The van der Waals surface area contributed by atoms with E-state index in [1.54, 1.807) is 12.3 Å². The fourth-order valence-electron chi connectivity index (χ4n) is 1.06. The highest BCUT2D eigenvalue weighted by Gasteiger charge is 2.12. The molecular weight excluding hydrogens is 170 g/mol. The van der Waals surface area contributed by atoms with Crippen LogP contribution in [0.5, 0.6) is 0 Å². The number of aryl methyl sites for hydroxylation is 1. The Morgan fingerprint density at radius 3 is 3.00 bits per heavy atom. The molecule has 13 heavy (non-hydrogen) atoms. The van der Waals surface area contributed by atoms with Gasteiger partial charge in [-0.25, -0.2) is 0 Å². The Bertz CT molecular complexity index is 301. The third-order valence-corrected chi connectivity index (χ3v) is 1.68. The molecule has 1 aromatic rings. The number of rotatable bonds is 4. The van der Waals surface area contributed by atoms with Gasteiger partial charge < -0.3 is 5.73 Å². The van der Waals surface area contributed by atoms with Gasteiger partial charge >= 0.3 is 0 Å². The molecule has 0 saturated carbocycles. The summed E-state index contributed by atoms with van der Waals surface area (Å²) in [6.07, 6.45) is 2.84. The maximum Gasteiger partial charge on any atom is 0.290 e. The molecule has 0 bridgehead atoms. The van der Waals surface area contributed by atoms with E-state index < -0.39 is 4.92 Å². The zero-order chi connectivity index (χ0) is 9.68. The van der Waals surface area contributed by atoms with Crippen molar-refractivity contribution in [3.63, 3.8) is 0 Å². The van der Waals surface area contributed by atoms with Crippen molar-refractivity contribution in [2.45, 2.75) is 12.8 Å². The molecule has 5 heteroatoms. The minimum Gasteiger partial charge on any atom is -0.330 e. The Morgan fingerprint density at radius 1 is 1.62 bits per heavy atom. The van der Waals surface area contributed by atoms with Crippen molar-refractivity contribution in [2.24, 2.45) is 5.73 Å². The van der Waals surface area contributed by atoms with Gasteiger partial charge in [0.2, 0.25) is 0 Å². The van der Waals surface area contributed by atoms with Gasteiger partial charge in [0.15, 0.2) is 0 Å². The maximum absolute atomic E-state index is 10.5. The lowest BCUT2D eigenvalue weighted by molar-refractivity contribution is -0.385.